The molecule has 1 rings (SSSR count). The summed E-state index contributed by atoms with van der Waals surface area (Å²) in [7, 11) is 0. The van der Waals surface area contributed by atoms with Gasteiger partial charge in [0.15, 0.2) is 6.04 Å². The van der Waals surface area contributed by atoms with Crippen molar-refractivity contribution < 1.29 is 33.0 Å². The van der Waals surface area contributed by atoms with Gasteiger partial charge in [-0.25, -0.2) is 9.59 Å². The Bertz CT molecular complexity index is 330. The minimum atomic E-state index is -4.54. The molecule has 1 aliphatic rings. The molecule has 0 aromatic carbocycles. The van der Waals surface area contributed by atoms with E-state index in [4.69, 9.17) is 10.2 Å². The molecule has 1 saturated carbocycles. The molecule has 104 valence electrons. The number of amides is 2. The maximum Gasteiger partial charge on any atom is 0.406 e. The van der Waals surface area contributed by atoms with E-state index >= 15 is 0 Å². The van der Waals surface area contributed by atoms with Crippen LogP contribution in [0.3, 0.4) is 0 Å². The van der Waals surface area contributed by atoms with Gasteiger partial charge in [0, 0.05) is 6.04 Å². The summed E-state index contributed by atoms with van der Waals surface area (Å²) in [5.74, 6) is -1.51. The van der Waals surface area contributed by atoms with E-state index in [1.807, 2.05) is 5.32 Å². The number of urea groups is 1. The van der Waals surface area contributed by atoms with E-state index in [0.717, 1.165) is 0 Å². The molecule has 18 heavy (non-hydrogen) atoms. The third-order valence-electron chi connectivity index (χ3n) is 2.38. The van der Waals surface area contributed by atoms with Crippen LogP contribution in [-0.2, 0) is 4.79 Å². The summed E-state index contributed by atoms with van der Waals surface area (Å²) in [5, 5.41) is 19.1. The normalized spacial score (nSPS) is 17.1. The zero-order valence-electron chi connectivity index (χ0n) is 9.28. The number of carbonyl (C=O) groups is 2. The van der Waals surface area contributed by atoms with Crippen LogP contribution in [0.5, 0.6) is 0 Å². The topological polar surface area (TPSA) is 89.9 Å². The summed E-state index contributed by atoms with van der Waals surface area (Å²) in [4.78, 5) is 22.6. The number of carboxylic acid groups (broad SMARTS) is 1. The van der Waals surface area contributed by atoms with Gasteiger partial charge >= 0.3 is 18.2 Å². The largest absolute Gasteiger partial charge is 0.480 e. The predicted octanol–water partition coefficient (Wildman–Crippen LogP) is 0.168. The van der Waals surface area contributed by atoms with Crippen LogP contribution in [-0.4, -0.2) is 58.5 Å². The smallest absolute Gasteiger partial charge is 0.406 e. The number of alkyl halides is 3. The van der Waals surface area contributed by atoms with Crippen molar-refractivity contribution in [3.05, 3.63) is 0 Å². The molecule has 0 heterocycles. The molecule has 0 saturated heterocycles. The van der Waals surface area contributed by atoms with Crippen molar-refractivity contribution in [1.82, 2.24) is 10.2 Å². The Morgan fingerprint density at radius 2 is 1.94 bits per heavy atom. The molecule has 6 nitrogen and oxygen atoms in total. The van der Waals surface area contributed by atoms with Crippen molar-refractivity contribution in [3.63, 3.8) is 0 Å². The minimum Gasteiger partial charge on any atom is -0.480 e. The number of nitrogens with one attached hydrogen (secondary N) is 1. The van der Waals surface area contributed by atoms with Crippen LogP contribution >= 0.6 is 0 Å². The van der Waals surface area contributed by atoms with Crippen molar-refractivity contribution in [2.75, 3.05) is 13.2 Å². The Hall–Kier alpha value is -1.51. The number of hydrogen-bond acceptors (Lipinski definition) is 3. The summed E-state index contributed by atoms with van der Waals surface area (Å²) >= 11 is 0. The van der Waals surface area contributed by atoms with Gasteiger partial charge in [-0.1, -0.05) is 0 Å². The molecule has 0 aliphatic heterocycles. The van der Waals surface area contributed by atoms with Gasteiger partial charge in [0.2, 0.25) is 0 Å². The van der Waals surface area contributed by atoms with E-state index in [1.54, 1.807) is 0 Å². The monoisotopic (exact) mass is 270 g/mol. The predicted molar refractivity (Wildman–Crippen MR) is 52.8 cm³/mol. The molecule has 0 aromatic heterocycles. The average molecular weight is 270 g/mol. The van der Waals surface area contributed by atoms with Crippen LogP contribution in [0.15, 0.2) is 0 Å². The second kappa shape index (κ2) is 5.42. The van der Waals surface area contributed by atoms with Crippen LogP contribution in [0.4, 0.5) is 18.0 Å². The summed E-state index contributed by atoms with van der Waals surface area (Å²) in [5.41, 5.74) is 0. The molecule has 1 atom stereocenters. The van der Waals surface area contributed by atoms with Crippen LogP contribution in [0.2, 0.25) is 0 Å². The molecule has 1 aliphatic carbocycles. The Morgan fingerprint density at radius 3 is 2.28 bits per heavy atom. The molecule has 3 N–H and O–H groups in total. The number of aliphatic hydroxyl groups is 1. The van der Waals surface area contributed by atoms with Gasteiger partial charge in [0.1, 0.15) is 6.54 Å². The van der Waals surface area contributed by atoms with E-state index in [-0.39, 0.29) is 0 Å². The third kappa shape index (κ3) is 4.40. The lowest BCUT2D eigenvalue weighted by molar-refractivity contribution is -0.142. The quantitative estimate of drug-likeness (QED) is 0.664. The number of rotatable bonds is 5. The van der Waals surface area contributed by atoms with Crippen LogP contribution in [0.1, 0.15) is 12.8 Å². The third-order valence-corrected chi connectivity index (χ3v) is 2.38. The fourth-order valence-electron chi connectivity index (χ4n) is 1.36. The molecular weight excluding hydrogens is 257 g/mol. The second-order valence-corrected chi connectivity index (χ2v) is 4.00. The Morgan fingerprint density at radius 1 is 1.39 bits per heavy atom. The zero-order valence-corrected chi connectivity index (χ0v) is 9.28. The van der Waals surface area contributed by atoms with E-state index in [0.29, 0.717) is 17.7 Å². The second-order valence-electron chi connectivity index (χ2n) is 4.00. The van der Waals surface area contributed by atoms with E-state index in [2.05, 4.69) is 0 Å². The first kappa shape index (κ1) is 14.6. The van der Waals surface area contributed by atoms with Crippen molar-refractivity contribution in [2.45, 2.75) is 31.1 Å². The van der Waals surface area contributed by atoms with Gasteiger partial charge in [0.25, 0.3) is 0 Å². The van der Waals surface area contributed by atoms with E-state index < -0.39 is 43.4 Å². The van der Waals surface area contributed by atoms with Gasteiger partial charge in [-0.2, -0.15) is 13.2 Å². The molecule has 9 heteroatoms. The zero-order chi connectivity index (χ0) is 13.9. The van der Waals surface area contributed by atoms with Crippen molar-refractivity contribution in [3.8, 4) is 0 Å². The van der Waals surface area contributed by atoms with Gasteiger partial charge in [-0.3, -0.25) is 0 Å². The lowest BCUT2D eigenvalue weighted by atomic mass is 10.3. The molecule has 1 unspecified atom stereocenters. The van der Waals surface area contributed by atoms with E-state index in [1.165, 1.54) is 0 Å². The average Bonchev–Trinajstić information content (AvgIpc) is 3.04. The molecular formula is C9H13F3N2O4. The molecule has 0 spiro atoms. The van der Waals surface area contributed by atoms with E-state index in [9.17, 15) is 22.8 Å². The first-order valence-electron chi connectivity index (χ1n) is 5.22. The number of nitrogens with zero attached hydrogens (tertiary/aromatic N) is 1. The SMILES string of the molecule is O=C(O)C(CO)NC(=O)N(CC(F)(F)F)C1CC1. The van der Waals surface area contributed by atoms with Gasteiger partial charge in [0.05, 0.1) is 6.61 Å². The number of hydrogen-bond donors (Lipinski definition) is 3. The van der Waals surface area contributed by atoms with Crippen molar-refractivity contribution in [1.29, 1.82) is 0 Å². The highest BCUT2D eigenvalue weighted by Crippen LogP contribution is 2.30. The fraction of sp³-hybridized carbons (Fsp3) is 0.778. The van der Waals surface area contributed by atoms with Crippen LogP contribution in [0.25, 0.3) is 0 Å². The number of aliphatic hydroxyl groups excluding tert-OH is 1. The number of halogens is 3. The highest BCUT2D eigenvalue weighted by atomic mass is 19.4. The summed E-state index contributed by atoms with van der Waals surface area (Å²) in [6.45, 7) is -2.31. The first-order valence-corrected chi connectivity index (χ1v) is 5.22. The van der Waals surface area contributed by atoms with Crippen molar-refractivity contribution in [2.24, 2.45) is 0 Å². The van der Waals surface area contributed by atoms with Crippen molar-refractivity contribution >= 4 is 12.0 Å². The summed E-state index contributed by atoms with van der Waals surface area (Å²) < 4.78 is 36.7. The Balaban J connectivity index is 2.62. The molecule has 0 aromatic rings. The molecule has 0 bridgehead atoms. The van der Waals surface area contributed by atoms with Crippen LogP contribution < -0.4 is 5.32 Å². The van der Waals surface area contributed by atoms with Crippen LogP contribution in [0, 0.1) is 0 Å². The maximum atomic E-state index is 12.2. The minimum absolute atomic E-state index is 0.459. The fourth-order valence-corrected chi connectivity index (χ4v) is 1.36. The number of carboxylic acids is 1. The molecule has 2 amide bonds. The highest BCUT2D eigenvalue weighted by molar-refractivity contribution is 5.83. The Kier molecular flexibility index (Phi) is 4.38. The lowest BCUT2D eigenvalue weighted by Crippen LogP contribution is -2.52. The highest BCUT2D eigenvalue weighted by Gasteiger charge is 2.41. The number of aliphatic carboxylic acids is 1. The number of carbonyl (C=O) groups excluding carboxylic acids is 1. The Labute approximate surface area is 100 Å². The van der Waals surface area contributed by atoms with Gasteiger partial charge < -0.3 is 20.4 Å². The molecule has 1 fully saturated rings. The summed E-state index contributed by atoms with van der Waals surface area (Å²) in [6.07, 6.45) is -3.63. The lowest BCUT2D eigenvalue weighted by Gasteiger charge is -2.25. The standard InChI is InChI=1S/C9H13F3N2O4/c10-9(11,12)4-14(5-1-2-5)8(18)13-6(3-15)7(16)17/h5-6,15H,1-4H2,(H,13,18)(H,16,17). The summed E-state index contributed by atoms with van der Waals surface area (Å²) in [6, 6.07) is -3.25. The maximum absolute atomic E-state index is 12.2. The van der Waals surface area contributed by atoms with Gasteiger partial charge in [-0.15, -0.1) is 0 Å². The molecule has 0 radical (unpaired) electrons. The first-order chi connectivity index (χ1) is 8.24. The van der Waals surface area contributed by atoms with Gasteiger partial charge in [-0.05, 0) is 12.8 Å².